The van der Waals surface area contributed by atoms with Crippen LogP contribution in [0.3, 0.4) is 0 Å². The molecule has 1 aliphatic rings. The Hall–Kier alpha value is -3.48. The maximum atomic E-state index is 12.4. The highest BCUT2D eigenvalue weighted by atomic mass is 16.1. The zero-order valence-electron chi connectivity index (χ0n) is 17.1. The molecule has 7 nitrogen and oxygen atoms in total. The fraction of sp³-hybridized carbons (Fsp3) is 0.304. The standard InChI is InChI=1S/C23H26N6O/c1-16-25-21(15-22(26-16)29-20-9-5-6-14-24-20)27-18-10-12-19(13-11-18)28-23(30)17-7-3-2-4-8-17/h5-6,9-15,17H,2-4,7-8H2,1H3,(H,28,30)(H2,24,25,26,27,29). The second-order valence-corrected chi connectivity index (χ2v) is 7.55. The van der Waals surface area contributed by atoms with Crippen molar-refractivity contribution < 1.29 is 4.79 Å². The topological polar surface area (TPSA) is 91.8 Å². The predicted octanol–water partition coefficient (Wildman–Crippen LogP) is 5.19. The van der Waals surface area contributed by atoms with Crippen molar-refractivity contribution >= 4 is 34.7 Å². The summed E-state index contributed by atoms with van der Waals surface area (Å²) in [5.74, 6) is 2.99. The molecule has 0 bridgehead atoms. The Morgan fingerprint density at radius 1 is 0.867 bits per heavy atom. The minimum Gasteiger partial charge on any atom is -0.340 e. The summed E-state index contributed by atoms with van der Waals surface area (Å²) in [6, 6.07) is 15.2. The van der Waals surface area contributed by atoms with Gasteiger partial charge in [0.05, 0.1) is 0 Å². The van der Waals surface area contributed by atoms with Gasteiger partial charge in [0.15, 0.2) is 0 Å². The SMILES string of the molecule is Cc1nc(Nc2ccc(NC(=O)C3CCCCC3)cc2)cc(Nc2ccccn2)n1. The van der Waals surface area contributed by atoms with Crippen molar-refractivity contribution in [3.05, 3.63) is 60.6 Å². The van der Waals surface area contributed by atoms with Gasteiger partial charge in [0.1, 0.15) is 23.3 Å². The molecule has 1 saturated carbocycles. The molecule has 0 radical (unpaired) electrons. The van der Waals surface area contributed by atoms with Crippen molar-refractivity contribution in [2.24, 2.45) is 5.92 Å². The van der Waals surface area contributed by atoms with Gasteiger partial charge < -0.3 is 16.0 Å². The Bertz CT molecular complexity index is 984. The minimum atomic E-state index is 0.132. The molecule has 1 amide bonds. The monoisotopic (exact) mass is 402 g/mol. The van der Waals surface area contributed by atoms with E-state index in [0.29, 0.717) is 17.5 Å². The second-order valence-electron chi connectivity index (χ2n) is 7.55. The summed E-state index contributed by atoms with van der Waals surface area (Å²) in [5, 5.41) is 9.51. The molecule has 0 spiro atoms. The summed E-state index contributed by atoms with van der Waals surface area (Å²) in [7, 11) is 0. The van der Waals surface area contributed by atoms with Crippen LogP contribution in [0, 0.1) is 12.8 Å². The number of aromatic nitrogens is 3. The number of anilines is 5. The predicted molar refractivity (Wildman–Crippen MR) is 119 cm³/mol. The van der Waals surface area contributed by atoms with E-state index in [4.69, 9.17) is 0 Å². The summed E-state index contributed by atoms with van der Waals surface area (Å²) < 4.78 is 0. The molecule has 2 heterocycles. The molecule has 1 fully saturated rings. The molecule has 4 rings (SSSR count). The van der Waals surface area contributed by atoms with E-state index in [9.17, 15) is 4.79 Å². The van der Waals surface area contributed by atoms with Crippen LogP contribution in [0.2, 0.25) is 0 Å². The summed E-state index contributed by atoms with van der Waals surface area (Å²) in [6.07, 6.45) is 7.25. The van der Waals surface area contributed by atoms with Crippen molar-refractivity contribution in [1.29, 1.82) is 0 Å². The molecule has 0 atom stereocenters. The molecule has 0 saturated heterocycles. The van der Waals surface area contributed by atoms with Crippen LogP contribution in [0.1, 0.15) is 37.9 Å². The van der Waals surface area contributed by atoms with Gasteiger partial charge in [0.2, 0.25) is 5.91 Å². The van der Waals surface area contributed by atoms with E-state index in [1.54, 1.807) is 6.20 Å². The number of carbonyl (C=O) groups excluding carboxylic acids is 1. The van der Waals surface area contributed by atoms with E-state index in [-0.39, 0.29) is 11.8 Å². The Balaban J connectivity index is 1.40. The van der Waals surface area contributed by atoms with Crippen LogP contribution in [0.5, 0.6) is 0 Å². The van der Waals surface area contributed by atoms with Gasteiger partial charge in [-0.25, -0.2) is 15.0 Å². The fourth-order valence-electron chi connectivity index (χ4n) is 3.66. The zero-order chi connectivity index (χ0) is 20.8. The molecule has 1 aliphatic carbocycles. The highest BCUT2D eigenvalue weighted by molar-refractivity contribution is 5.92. The van der Waals surface area contributed by atoms with Crippen LogP contribution in [0.25, 0.3) is 0 Å². The first kappa shape index (κ1) is 19.8. The molecule has 154 valence electrons. The normalized spacial score (nSPS) is 14.2. The first-order chi connectivity index (χ1) is 14.7. The van der Waals surface area contributed by atoms with Crippen LogP contribution in [-0.2, 0) is 4.79 Å². The molecule has 2 aromatic heterocycles. The largest absolute Gasteiger partial charge is 0.340 e. The number of pyridine rings is 1. The molecule has 7 heteroatoms. The average Bonchev–Trinajstić information content (AvgIpc) is 2.76. The number of aryl methyl sites for hydroxylation is 1. The first-order valence-corrected chi connectivity index (χ1v) is 10.4. The molecular formula is C23H26N6O. The number of hydrogen-bond acceptors (Lipinski definition) is 6. The molecule has 3 N–H and O–H groups in total. The van der Waals surface area contributed by atoms with Gasteiger partial charge in [-0.1, -0.05) is 25.3 Å². The van der Waals surface area contributed by atoms with Crippen LogP contribution >= 0.6 is 0 Å². The molecular weight excluding hydrogens is 376 g/mol. The van der Waals surface area contributed by atoms with Gasteiger partial charge in [0.25, 0.3) is 0 Å². The number of nitrogens with zero attached hydrogens (tertiary/aromatic N) is 3. The third kappa shape index (κ3) is 5.31. The van der Waals surface area contributed by atoms with Crippen LogP contribution < -0.4 is 16.0 Å². The molecule has 30 heavy (non-hydrogen) atoms. The summed E-state index contributed by atoms with van der Waals surface area (Å²) in [5.41, 5.74) is 1.69. The van der Waals surface area contributed by atoms with Gasteiger partial charge in [-0.15, -0.1) is 0 Å². The molecule has 0 unspecified atom stereocenters. The van der Waals surface area contributed by atoms with Gasteiger partial charge in [0, 0.05) is 29.6 Å². The maximum Gasteiger partial charge on any atom is 0.227 e. The van der Waals surface area contributed by atoms with Gasteiger partial charge in [-0.2, -0.15) is 0 Å². The van der Waals surface area contributed by atoms with Gasteiger partial charge in [-0.3, -0.25) is 4.79 Å². The number of rotatable bonds is 6. The van der Waals surface area contributed by atoms with Crippen molar-refractivity contribution in [3.63, 3.8) is 0 Å². The number of amides is 1. The summed E-state index contributed by atoms with van der Waals surface area (Å²) in [4.78, 5) is 25.5. The first-order valence-electron chi connectivity index (χ1n) is 10.4. The van der Waals surface area contributed by atoms with Crippen LogP contribution in [-0.4, -0.2) is 20.9 Å². The van der Waals surface area contributed by atoms with Crippen molar-refractivity contribution in [1.82, 2.24) is 15.0 Å². The highest BCUT2D eigenvalue weighted by Crippen LogP contribution is 2.26. The van der Waals surface area contributed by atoms with E-state index >= 15 is 0 Å². The molecule has 3 aromatic rings. The van der Waals surface area contributed by atoms with Crippen LogP contribution in [0.4, 0.5) is 28.8 Å². The number of nitrogens with one attached hydrogen (secondary N) is 3. The third-order valence-electron chi connectivity index (χ3n) is 5.16. The van der Waals surface area contributed by atoms with E-state index in [2.05, 4.69) is 30.9 Å². The highest BCUT2D eigenvalue weighted by Gasteiger charge is 2.20. The minimum absolute atomic E-state index is 0.132. The second kappa shape index (κ2) is 9.35. The van der Waals surface area contributed by atoms with Crippen molar-refractivity contribution in [2.45, 2.75) is 39.0 Å². The smallest absolute Gasteiger partial charge is 0.227 e. The van der Waals surface area contributed by atoms with Gasteiger partial charge >= 0.3 is 0 Å². The maximum absolute atomic E-state index is 12.4. The van der Waals surface area contributed by atoms with E-state index in [0.717, 1.165) is 42.9 Å². The van der Waals surface area contributed by atoms with E-state index < -0.39 is 0 Å². The Morgan fingerprint density at radius 2 is 1.57 bits per heavy atom. The van der Waals surface area contributed by atoms with E-state index in [1.165, 1.54) is 6.42 Å². The number of carbonyl (C=O) groups is 1. The zero-order valence-corrected chi connectivity index (χ0v) is 17.1. The third-order valence-corrected chi connectivity index (χ3v) is 5.16. The molecule has 1 aromatic carbocycles. The lowest BCUT2D eigenvalue weighted by molar-refractivity contribution is -0.120. The lowest BCUT2D eigenvalue weighted by Gasteiger charge is -2.20. The summed E-state index contributed by atoms with van der Waals surface area (Å²) in [6.45, 7) is 1.85. The lowest BCUT2D eigenvalue weighted by atomic mass is 9.88. The van der Waals surface area contributed by atoms with Gasteiger partial charge in [-0.05, 0) is 56.2 Å². The average molecular weight is 403 g/mol. The fourth-order valence-corrected chi connectivity index (χ4v) is 3.66. The Kier molecular flexibility index (Phi) is 6.17. The number of benzene rings is 1. The van der Waals surface area contributed by atoms with E-state index in [1.807, 2.05) is 55.5 Å². The summed E-state index contributed by atoms with van der Waals surface area (Å²) >= 11 is 0. The molecule has 0 aliphatic heterocycles. The quantitative estimate of drug-likeness (QED) is 0.526. The Morgan fingerprint density at radius 3 is 2.27 bits per heavy atom. The van der Waals surface area contributed by atoms with Crippen molar-refractivity contribution in [3.8, 4) is 0 Å². The van der Waals surface area contributed by atoms with Crippen molar-refractivity contribution in [2.75, 3.05) is 16.0 Å². The Labute approximate surface area is 176 Å². The lowest BCUT2D eigenvalue weighted by Crippen LogP contribution is -2.24. The number of hydrogen-bond donors (Lipinski definition) is 3. The van der Waals surface area contributed by atoms with Crippen LogP contribution in [0.15, 0.2) is 54.7 Å².